The standard InChI is InChI=1S/C14H19NO5/c1-17-14-10(15)11(16)12-9(19-14)7-18-13(20-12)8-5-3-2-4-6-8/h2-6,9-14,16H,7,15H2,1H3/t9-,10-,11+,12-,13+,14-/m1/s1. The number of rotatable bonds is 2. The van der Waals surface area contributed by atoms with Gasteiger partial charge in [-0.2, -0.15) is 0 Å². The Morgan fingerprint density at radius 3 is 2.70 bits per heavy atom. The smallest absolute Gasteiger partial charge is 0.184 e. The van der Waals surface area contributed by atoms with Crippen molar-refractivity contribution in [2.24, 2.45) is 5.73 Å². The Kier molecular flexibility index (Phi) is 4.02. The Morgan fingerprint density at radius 2 is 2.00 bits per heavy atom. The summed E-state index contributed by atoms with van der Waals surface area (Å²) in [5.41, 5.74) is 6.81. The minimum Gasteiger partial charge on any atom is -0.388 e. The molecule has 0 radical (unpaired) electrons. The molecule has 6 atom stereocenters. The average molecular weight is 281 g/mol. The van der Waals surface area contributed by atoms with Gasteiger partial charge in [0.05, 0.1) is 12.6 Å². The van der Waals surface area contributed by atoms with Crippen LogP contribution in [-0.4, -0.2) is 49.5 Å². The van der Waals surface area contributed by atoms with E-state index in [1.807, 2.05) is 30.3 Å². The van der Waals surface area contributed by atoms with E-state index in [0.29, 0.717) is 6.61 Å². The molecule has 0 unspecified atom stereocenters. The van der Waals surface area contributed by atoms with Gasteiger partial charge < -0.3 is 29.8 Å². The summed E-state index contributed by atoms with van der Waals surface area (Å²) in [7, 11) is 1.49. The maximum atomic E-state index is 10.3. The van der Waals surface area contributed by atoms with E-state index in [0.717, 1.165) is 5.56 Å². The van der Waals surface area contributed by atoms with Gasteiger partial charge in [-0.3, -0.25) is 0 Å². The van der Waals surface area contributed by atoms with E-state index in [-0.39, 0.29) is 6.10 Å². The Labute approximate surface area is 117 Å². The van der Waals surface area contributed by atoms with Crippen LogP contribution in [0.3, 0.4) is 0 Å². The van der Waals surface area contributed by atoms with Crippen LogP contribution in [0.5, 0.6) is 0 Å². The second kappa shape index (κ2) is 5.77. The van der Waals surface area contributed by atoms with Crippen LogP contribution in [0.2, 0.25) is 0 Å². The van der Waals surface area contributed by atoms with Gasteiger partial charge in [-0.15, -0.1) is 0 Å². The van der Waals surface area contributed by atoms with Gasteiger partial charge in [0.25, 0.3) is 0 Å². The molecule has 0 saturated carbocycles. The number of nitrogens with two attached hydrogens (primary N) is 1. The van der Waals surface area contributed by atoms with Crippen LogP contribution < -0.4 is 5.73 Å². The molecule has 6 nitrogen and oxygen atoms in total. The predicted octanol–water partition coefficient (Wildman–Crippen LogP) is 0.160. The maximum absolute atomic E-state index is 10.3. The third-order valence-electron chi connectivity index (χ3n) is 3.72. The molecule has 1 aromatic carbocycles. The number of fused-ring (bicyclic) bond motifs is 1. The lowest BCUT2D eigenvalue weighted by atomic mass is 9.96. The van der Waals surface area contributed by atoms with Crippen LogP contribution >= 0.6 is 0 Å². The zero-order valence-corrected chi connectivity index (χ0v) is 11.2. The first-order chi connectivity index (χ1) is 9.70. The Bertz CT molecular complexity index is 440. The summed E-state index contributed by atoms with van der Waals surface area (Å²) < 4.78 is 22.2. The number of hydrogen-bond donors (Lipinski definition) is 2. The first-order valence-electron chi connectivity index (χ1n) is 6.64. The van der Waals surface area contributed by atoms with Gasteiger partial charge in [0.2, 0.25) is 0 Å². The van der Waals surface area contributed by atoms with Crippen LogP contribution in [0.15, 0.2) is 30.3 Å². The average Bonchev–Trinajstić information content (AvgIpc) is 2.51. The summed E-state index contributed by atoms with van der Waals surface area (Å²) in [5, 5.41) is 10.3. The van der Waals surface area contributed by atoms with Crippen LogP contribution in [0.1, 0.15) is 11.9 Å². The molecule has 2 saturated heterocycles. The van der Waals surface area contributed by atoms with Crippen molar-refractivity contribution in [2.75, 3.05) is 13.7 Å². The highest BCUT2D eigenvalue weighted by Crippen LogP contribution is 2.33. The molecule has 3 rings (SSSR count). The monoisotopic (exact) mass is 281 g/mol. The molecule has 2 heterocycles. The Balaban J connectivity index is 1.74. The summed E-state index contributed by atoms with van der Waals surface area (Å²) in [5.74, 6) is 0. The molecule has 0 spiro atoms. The molecule has 0 bridgehead atoms. The zero-order valence-electron chi connectivity index (χ0n) is 11.2. The molecular formula is C14H19NO5. The van der Waals surface area contributed by atoms with Crippen molar-refractivity contribution in [3.05, 3.63) is 35.9 Å². The highest BCUT2D eigenvalue weighted by Gasteiger charge is 2.48. The molecule has 1 aromatic rings. The molecule has 2 fully saturated rings. The van der Waals surface area contributed by atoms with Gasteiger partial charge in [0, 0.05) is 12.7 Å². The summed E-state index contributed by atoms with van der Waals surface area (Å²) >= 11 is 0. The third-order valence-corrected chi connectivity index (χ3v) is 3.72. The fourth-order valence-electron chi connectivity index (χ4n) is 2.60. The van der Waals surface area contributed by atoms with Crippen LogP contribution in [0.4, 0.5) is 0 Å². The molecule has 2 aliphatic heterocycles. The lowest BCUT2D eigenvalue weighted by Gasteiger charge is -2.46. The maximum Gasteiger partial charge on any atom is 0.184 e. The molecule has 0 aromatic heterocycles. The molecule has 110 valence electrons. The number of benzene rings is 1. The lowest BCUT2D eigenvalue weighted by Crippen LogP contribution is -2.64. The zero-order chi connectivity index (χ0) is 14.1. The van der Waals surface area contributed by atoms with Crippen molar-refractivity contribution in [3.8, 4) is 0 Å². The molecule has 20 heavy (non-hydrogen) atoms. The second-order valence-electron chi connectivity index (χ2n) is 5.02. The highest BCUT2D eigenvalue weighted by molar-refractivity contribution is 5.16. The van der Waals surface area contributed by atoms with E-state index in [2.05, 4.69) is 0 Å². The number of aliphatic hydroxyl groups excluding tert-OH is 1. The van der Waals surface area contributed by atoms with Crippen molar-refractivity contribution < 1.29 is 24.1 Å². The Hall–Kier alpha value is -1.02. The van der Waals surface area contributed by atoms with E-state index in [4.69, 9.17) is 24.7 Å². The fourth-order valence-corrected chi connectivity index (χ4v) is 2.60. The second-order valence-corrected chi connectivity index (χ2v) is 5.02. The van der Waals surface area contributed by atoms with E-state index < -0.39 is 30.8 Å². The van der Waals surface area contributed by atoms with E-state index in [1.165, 1.54) is 7.11 Å². The topological polar surface area (TPSA) is 83.2 Å². The van der Waals surface area contributed by atoms with E-state index in [1.54, 1.807) is 0 Å². The van der Waals surface area contributed by atoms with E-state index in [9.17, 15) is 5.11 Å². The number of methoxy groups -OCH3 is 1. The predicted molar refractivity (Wildman–Crippen MR) is 69.7 cm³/mol. The fraction of sp³-hybridized carbons (Fsp3) is 0.571. The first-order valence-corrected chi connectivity index (χ1v) is 6.64. The summed E-state index contributed by atoms with van der Waals surface area (Å²) in [6.07, 6.45) is -2.91. The van der Waals surface area contributed by atoms with Crippen molar-refractivity contribution in [1.82, 2.24) is 0 Å². The summed E-state index contributed by atoms with van der Waals surface area (Å²) in [6.45, 7) is 0.327. The van der Waals surface area contributed by atoms with Gasteiger partial charge in [-0.25, -0.2) is 0 Å². The van der Waals surface area contributed by atoms with Crippen molar-refractivity contribution in [3.63, 3.8) is 0 Å². The minimum atomic E-state index is -0.853. The number of ether oxygens (including phenoxy) is 4. The summed E-state index contributed by atoms with van der Waals surface area (Å²) in [6, 6.07) is 8.93. The molecule has 6 heteroatoms. The van der Waals surface area contributed by atoms with Crippen LogP contribution in [-0.2, 0) is 18.9 Å². The third kappa shape index (κ3) is 2.46. The first kappa shape index (κ1) is 13.9. The molecule has 3 N–H and O–H groups in total. The molecule has 2 aliphatic rings. The van der Waals surface area contributed by atoms with Crippen molar-refractivity contribution >= 4 is 0 Å². The van der Waals surface area contributed by atoms with Crippen molar-refractivity contribution in [1.29, 1.82) is 0 Å². The molecular weight excluding hydrogens is 262 g/mol. The van der Waals surface area contributed by atoms with Gasteiger partial charge in [0.1, 0.15) is 18.3 Å². The van der Waals surface area contributed by atoms with Crippen LogP contribution in [0.25, 0.3) is 0 Å². The van der Waals surface area contributed by atoms with Crippen molar-refractivity contribution in [2.45, 2.75) is 36.9 Å². The van der Waals surface area contributed by atoms with E-state index >= 15 is 0 Å². The van der Waals surface area contributed by atoms with Crippen LogP contribution in [0, 0.1) is 0 Å². The van der Waals surface area contributed by atoms with Gasteiger partial charge in [-0.05, 0) is 0 Å². The normalized spacial score (nSPS) is 41.1. The molecule has 0 aliphatic carbocycles. The lowest BCUT2D eigenvalue weighted by molar-refractivity contribution is -0.339. The highest BCUT2D eigenvalue weighted by atomic mass is 16.7. The quantitative estimate of drug-likeness (QED) is 0.803. The van der Waals surface area contributed by atoms with Gasteiger partial charge >= 0.3 is 0 Å². The Morgan fingerprint density at radius 1 is 1.25 bits per heavy atom. The summed E-state index contributed by atoms with van der Waals surface area (Å²) in [4.78, 5) is 0. The number of aliphatic hydroxyl groups is 1. The molecule has 0 amide bonds. The minimum absolute atomic E-state index is 0.327. The van der Waals surface area contributed by atoms with Gasteiger partial charge in [-0.1, -0.05) is 30.3 Å². The largest absolute Gasteiger partial charge is 0.388 e. The number of hydrogen-bond acceptors (Lipinski definition) is 6. The van der Waals surface area contributed by atoms with Gasteiger partial charge in [0.15, 0.2) is 12.6 Å². The SMILES string of the molecule is CO[C@@H]1O[C@@H]2CO[C@H](c3ccccc3)O[C@H]2[C@@H](O)[C@H]1N.